The van der Waals surface area contributed by atoms with Gasteiger partial charge in [-0.15, -0.1) is 0 Å². The number of amides is 1. The third-order valence-electron chi connectivity index (χ3n) is 3.26. The monoisotopic (exact) mass is 287 g/mol. The Morgan fingerprint density at radius 2 is 2.19 bits per heavy atom. The van der Waals surface area contributed by atoms with Crippen molar-refractivity contribution in [1.29, 1.82) is 0 Å². The Morgan fingerprint density at radius 3 is 2.95 bits per heavy atom. The van der Waals surface area contributed by atoms with Crippen molar-refractivity contribution in [3.63, 3.8) is 0 Å². The lowest BCUT2D eigenvalue weighted by Crippen LogP contribution is -2.11. The predicted molar refractivity (Wildman–Crippen MR) is 82.2 cm³/mol. The molecule has 5 heteroatoms. The van der Waals surface area contributed by atoms with Gasteiger partial charge in [-0.1, -0.05) is 24.3 Å². The third-order valence-corrected chi connectivity index (χ3v) is 3.26. The standard InChI is InChI=1S/C16H21N3O2/c1-13-6-3-4-7-14(13)11-19-12-15(10-17-19)18-16(20)8-5-9-21-2/h3-4,6-7,10,12H,5,8-9,11H2,1-2H3,(H,18,20). The molecule has 5 nitrogen and oxygen atoms in total. The van der Waals surface area contributed by atoms with Gasteiger partial charge in [0.05, 0.1) is 18.4 Å². The molecule has 1 amide bonds. The maximum Gasteiger partial charge on any atom is 0.224 e. The molecule has 1 aromatic heterocycles. The fourth-order valence-corrected chi connectivity index (χ4v) is 2.08. The van der Waals surface area contributed by atoms with E-state index in [0.717, 1.165) is 12.1 Å². The highest BCUT2D eigenvalue weighted by Gasteiger charge is 2.05. The molecule has 1 heterocycles. The number of carbonyl (C=O) groups excluding carboxylic acids is 1. The summed E-state index contributed by atoms with van der Waals surface area (Å²) in [4.78, 5) is 11.7. The van der Waals surface area contributed by atoms with E-state index < -0.39 is 0 Å². The Hall–Kier alpha value is -2.14. The molecule has 0 aliphatic rings. The summed E-state index contributed by atoms with van der Waals surface area (Å²) in [6.45, 7) is 3.38. The number of anilines is 1. The van der Waals surface area contributed by atoms with Crippen LogP contribution in [-0.2, 0) is 16.1 Å². The SMILES string of the molecule is COCCCC(=O)Nc1cnn(Cc2ccccc2C)c1. The van der Waals surface area contributed by atoms with E-state index in [1.54, 1.807) is 13.3 Å². The number of methoxy groups -OCH3 is 1. The average Bonchev–Trinajstić information content (AvgIpc) is 2.89. The van der Waals surface area contributed by atoms with Crippen LogP contribution in [0.4, 0.5) is 5.69 Å². The van der Waals surface area contributed by atoms with Crippen LogP contribution in [0.15, 0.2) is 36.7 Å². The molecule has 0 bridgehead atoms. The molecule has 1 N–H and O–H groups in total. The molecule has 0 fully saturated rings. The Bertz CT molecular complexity index is 593. The second-order valence-electron chi connectivity index (χ2n) is 5.00. The summed E-state index contributed by atoms with van der Waals surface area (Å²) in [6.07, 6.45) is 4.70. The van der Waals surface area contributed by atoms with E-state index in [2.05, 4.69) is 29.5 Å². The molecular formula is C16H21N3O2. The molecule has 21 heavy (non-hydrogen) atoms. The van der Waals surface area contributed by atoms with Crippen molar-refractivity contribution >= 4 is 11.6 Å². The largest absolute Gasteiger partial charge is 0.385 e. The van der Waals surface area contributed by atoms with Crippen LogP contribution in [-0.4, -0.2) is 29.4 Å². The fourth-order valence-electron chi connectivity index (χ4n) is 2.08. The van der Waals surface area contributed by atoms with Gasteiger partial charge in [0.2, 0.25) is 5.91 Å². The Morgan fingerprint density at radius 1 is 1.38 bits per heavy atom. The van der Waals surface area contributed by atoms with Crippen LogP contribution in [0.5, 0.6) is 0 Å². The number of hydrogen-bond donors (Lipinski definition) is 1. The van der Waals surface area contributed by atoms with E-state index in [1.807, 2.05) is 23.0 Å². The van der Waals surface area contributed by atoms with Gasteiger partial charge >= 0.3 is 0 Å². The van der Waals surface area contributed by atoms with Crippen molar-refractivity contribution in [3.8, 4) is 0 Å². The molecule has 0 saturated carbocycles. The summed E-state index contributed by atoms with van der Waals surface area (Å²) in [5, 5.41) is 7.12. The molecule has 2 rings (SSSR count). The van der Waals surface area contributed by atoms with E-state index in [9.17, 15) is 4.79 Å². The van der Waals surface area contributed by atoms with E-state index in [1.165, 1.54) is 11.1 Å². The van der Waals surface area contributed by atoms with Crippen LogP contribution < -0.4 is 5.32 Å². The van der Waals surface area contributed by atoms with Gasteiger partial charge in [-0.2, -0.15) is 5.10 Å². The number of nitrogens with one attached hydrogen (secondary N) is 1. The topological polar surface area (TPSA) is 56.1 Å². The van der Waals surface area contributed by atoms with Crippen molar-refractivity contribution < 1.29 is 9.53 Å². The summed E-state index contributed by atoms with van der Waals surface area (Å²) >= 11 is 0. The van der Waals surface area contributed by atoms with Gasteiger partial charge in [0, 0.05) is 26.3 Å². The molecule has 0 unspecified atom stereocenters. The Kier molecular flexibility index (Phi) is 5.51. The average molecular weight is 287 g/mol. The van der Waals surface area contributed by atoms with Crippen LogP contribution in [0.1, 0.15) is 24.0 Å². The zero-order valence-corrected chi connectivity index (χ0v) is 12.5. The Balaban J connectivity index is 1.89. The first-order chi connectivity index (χ1) is 10.2. The van der Waals surface area contributed by atoms with E-state index in [-0.39, 0.29) is 5.91 Å². The highest BCUT2D eigenvalue weighted by molar-refractivity contribution is 5.90. The second kappa shape index (κ2) is 7.59. The molecular weight excluding hydrogens is 266 g/mol. The Labute approximate surface area is 124 Å². The summed E-state index contributed by atoms with van der Waals surface area (Å²) in [6, 6.07) is 8.20. The van der Waals surface area contributed by atoms with Gasteiger partial charge in [-0.05, 0) is 24.5 Å². The number of carbonyl (C=O) groups is 1. The minimum atomic E-state index is -0.0116. The molecule has 0 atom stereocenters. The molecule has 0 aliphatic heterocycles. The van der Waals surface area contributed by atoms with Crippen LogP contribution in [0.3, 0.4) is 0 Å². The molecule has 112 valence electrons. The quantitative estimate of drug-likeness (QED) is 0.796. The van der Waals surface area contributed by atoms with Crippen molar-refractivity contribution in [2.24, 2.45) is 0 Å². The number of benzene rings is 1. The first-order valence-electron chi connectivity index (χ1n) is 7.05. The number of hydrogen-bond acceptors (Lipinski definition) is 3. The molecule has 2 aromatic rings. The van der Waals surface area contributed by atoms with E-state index in [0.29, 0.717) is 19.6 Å². The molecule has 1 aromatic carbocycles. The highest BCUT2D eigenvalue weighted by Crippen LogP contribution is 2.11. The second-order valence-corrected chi connectivity index (χ2v) is 5.00. The van der Waals surface area contributed by atoms with Crippen LogP contribution in [0, 0.1) is 6.92 Å². The van der Waals surface area contributed by atoms with Crippen LogP contribution in [0.2, 0.25) is 0 Å². The van der Waals surface area contributed by atoms with Gasteiger partial charge < -0.3 is 10.1 Å². The van der Waals surface area contributed by atoms with Gasteiger partial charge in [0.1, 0.15) is 0 Å². The number of rotatable bonds is 7. The summed E-state index contributed by atoms with van der Waals surface area (Å²) < 4.78 is 6.75. The van der Waals surface area contributed by atoms with Gasteiger partial charge in [0.15, 0.2) is 0 Å². The van der Waals surface area contributed by atoms with Gasteiger partial charge in [-0.25, -0.2) is 0 Å². The van der Waals surface area contributed by atoms with E-state index in [4.69, 9.17) is 4.74 Å². The first kappa shape index (κ1) is 15.3. The minimum Gasteiger partial charge on any atom is -0.385 e. The van der Waals surface area contributed by atoms with Gasteiger partial charge in [0.25, 0.3) is 0 Å². The zero-order valence-electron chi connectivity index (χ0n) is 12.5. The number of aryl methyl sites for hydroxylation is 1. The summed E-state index contributed by atoms with van der Waals surface area (Å²) in [7, 11) is 1.63. The van der Waals surface area contributed by atoms with Crippen LogP contribution >= 0.6 is 0 Å². The van der Waals surface area contributed by atoms with E-state index >= 15 is 0 Å². The predicted octanol–water partition coefficient (Wildman–Crippen LogP) is 2.60. The number of ether oxygens (including phenoxy) is 1. The first-order valence-corrected chi connectivity index (χ1v) is 7.05. The van der Waals surface area contributed by atoms with Crippen molar-refractivity contribution in [1.82, 2.24) is 9.78 Å². The van der Waals surface area contributed by atoms with Crippen molar-refractivity contribution in [2.75, 3.05) is 19.0 Å². The third kappa shape index (κ3) is 4.72. The summed E-state index contributed by atoms with van der Waals surface area (Å²) in [5.41, 5.74) is 3.18. The van der Waals surface area contributed by atoms with Crippen LogP contribution in [0.25, 0.3) is 0 Å². The maximum absolute atomic E-state index is 11.7. The number of nitrogens with zero attached hydrogens (tertiary/aromatic N) is 2. The lowest BCUT2D eigenvalue weighted by molar-refractivity contribution is -0.116. The number of aromatic nitrogens is 2. The van der Waals surface area contributed by atoms with Crippen molar-refractivity contribution in [2.45, 2.75) is 26.3 Å². The minimum absolute atomic E-state index is 0.0116. The molecule has 0 spiro atoms. The molecule has 0 aliphatic carbocycles. The normalized spacial score (nSPS) is 10.6. The van der Waals surface area contributed by atoms with Crippen molar-refractivity contribution in [3.05, 3.63) is 47.8 Å². The zero-order chi connectivity index (χ0) is 15.1. The summed E-state index contributed by atoms with van der Waals surface area (Å²) in [5.74, 6) is -0.0116. The highest BCUT2D eigenvalue weighted by atomic mass is 16.5. The maximum atomic E-state index is 11.7. The fraction of sp³-hybridized carbons (Fsp3) is 0.375. The lowest BCUT2D eigenvalue weighted by atomic mass is 10.1. The van der Waals surface area contributed by atoms with Gasteiger partial charge in [-0.3, -0.25) is 9.48 Å². The molecule has 0 radical (unpaired) electrons. The smallest absolute Gasteiger partial charge is 0.224 e. The molecule has 0 saturated heterocycles. The lowest BCUT2D eigenvalue weighted by Gasteiger charge is -2.05.